The standard InChI is InChI=1S/C17H19N3/c1-13-11-12-14-7-5-6-10-16(14)20(13)17(18)19-15-8-3-2-4-9-15/h2-10,13H,11-12H2,1H3,(H2,18,19)/t13-/m1/s1. The van der Waals surface area contributed by atoms with Gasteiger partial charge in [-0.2, -0.15) is 0 Å². The number of rotatable bonds is 1. The molecule has 0 bridgehead atoms. The zero-order chi connectivity index (χ0) is 13.9. The number of hydrogen-bond donors (Lipinski definition) is 1. The highest BCUT2D eigenvalue weighted by atomic mass is 15.3. The van der Waals surface area contributed by atoms with Gasteiger partial charge in [0.05, 0.1) is 5.69 Å². The molecule has 0 radical (unpaired) electrons. The maximum Gasteiger partial charge on any atom is 0.201 e. The largest absolute Gasteiger partial charge is 0.369 e. The maximum atomic E-state index is 6.26. The minimum atomic E-state index is 0.373. The summed E-state index contributed by atoms with van der Waals surface area (Å²) in [6, 6.07) is 18.7. The number of anilines is 1. The van der Waals surface area contributed by atoms with Crippen LogP contribution in [0.1, 0.15) is 18.9 Å². The fourth-order valence-electron chi connectivity index (χ4n) is 2.73. The first-order valence-electron chi connectivity index (χ1n) is 7.02. The van der Waals surface area contributed by atoms with Gasteiger partial charge in [-0.3, -0.25) is 0 Å². The molecule has 1 atom stereocenters. The minimum absolute atomic E-state index is 0.373. The zero-order valence-corrected chi connectivity index (χ0v) is 11.7. The molecule has 0 aromatic heterocycles. The number of benzene rings is 2. The minimum Gasteiger partial charge on any atom is -0.369 e. The highest BCUT2D eigenvalue weighted by Crippen LogP contribution is 2.30. The third kappa shape index (κ3) is 2.39. The molecule has 0 aliphatic carbocycles. The first-order valence-corrected chi connectivity index (χ1v) is 7.02. The van der Waals surface area contributed by atoms with Gasteiger partial charge >= 0.3 is 0 Å². The summed E-state index contributed by atoms with van der Waals surface area (Å²) in [4.78, 5) is 6.70. The monoisotopic (exact) mass is 265 g/mol. The van der Waals surface area contributed by atoms with Crippen molar-refractivity contribution in [2.45, 2.75) is 25.8 Å². The molecular weight excluding hydrogens is 246 g/mol. The van der Waals surface area contributed by atoms with Crippen molar-refractivity contribution in [2.24, 2.45) is 10.7 Å². The molecule has 2 aromatic carbocycles. The lowest BCUT2D eigenvalue weighted by Crippen LogP contribution is -2.46. The Morgan fingerprint density at radius 3 is 2.60 bits per heavy atom. The predicted octanol–water partition coefficient (Wildman–Crippen LogP) is 3.47. The molecule has 3 rings (SSSR count). The summed E-state index contributed by atoms with van der Waals surface area (Å²) in [5.41, 5.74) is 9.68. The second-order valence-corrected chi connectivity index (χ2v) is 5.19. The van der Waals surface area contributed by atoms with Crippen molar-refractivity contribution in [2.75, 3.05) is 4.90 Å². The summed E-state index contributed by atoms with van der Waals surface area (Å²) in [5.74, 6) is 0.566. The molecule has 0 unspecified atom stereocenters. The number of nitrogens with two attached hydrogens (primary N) is 1. The van der Waals surface area contributed by atoms with Crippen LogP contribution in [0.25, 0.3) is 0 Å². The SMILES string of the molecule is C[C@@H]1CCc2ccccc2N1C(N)=Nc1ccccc1. The lowest BCUT2D eigenvalue weighted by atomic mass is 9.97. The maximum absolute atomic E-state index is 6.26. The van der Waals surface area contributed by atoms with Gasteiger partial charge in [0.2, 0.25) is 5.96 Å². The fourth-order valence-corrected chi connectivity index (χ4v) is 2.73. The van der Waals surface area contributed by atoms with E-state index < -0.39 is 0 Å². The van der Waals surface area contributed by atoms with Crippen molar-refractivity contribution >= 4 is 17.3 Å². The van der Waals surface area contributed by atoms with E-state index in [-0.39, 0.29) is 0 Å². The first-order chi connectivity index (χ1) is 9.75. The van der Waals surface area contributed by atoms with E-state index in [1.165, 1.54) is 11.3 Å². The number of hydrogen-bond acceptors (Lipinski definition) is 1. The summed E-state index contributed by atoms with van der Waals surface area (Å²) < 4.78 is 0. The fraction of sp³-hybridized carbons (Fsp3) is 0.235. The molecule has 2 aromatic rings. The van der Waals surface area contributed by atoms with Crippen molar-refractivity contribution in [3.05, 3.63) is 60.2 Å². The Balaban J connectivity index is 1.99. The van der Waals surface area contributed by atoms with Crippen LogP contribution in [0.3, 0.4) is 0 Å². The van der Waals surface area contributed by atoms with Crippen LogP contribution in [0.4, 0.5) is 11.4 Å². The predicted molar refractivity (Wildman–Crippen MR) is 84.4 cm³/mol. The normalized spacial score (nSPS) is 18.8. The topological polar surface area (TPSA) is 41.6 Å². The molecule has 0 fully saturated rings. The number of aliphatic imine (C=N–C) groups is 1. The van der Waals surface area contributed by atoms with Gasteiger partial charge in [0.1, 0.15) is 0 Å². The van der Waals surface area contributed by atoms with E-state index in [0.29, 0.717) is 12.0 Å². The van der Waals surface area contributed by atoms with Gasteiger partial charge in [0.15, 0.2) is 0 Å². The molecule has 102 valence electrons. The summed E-state index contributed by atoms with van der Waals surface area (Å²) in [6.07, 6.45) is 2.20. The Morgan fingerprint density at radius 2 is 1.80 bits per heavy atom. The smallest absolute Gasteiger partial charge is 0.201 e. The third-order valence-electron chi connectivity index (χ3n) is 3.77. The molecular formula is C17H19N3. The molecule has 0 saturated carbocycles. The van der Waals surface area contributed by atoms with Gasteiger partial charge in [-0.25, -0.2) is 4.99 Å². The van der Waals surface area contributed by atoms with Crippen molar-refractivity contribution < 1.29 is 0 Å². The van der Waals surface area contributed by atoms with E-state index in [1.807, 2.05) is 30.3 Å². The third-order valence-corrected chi connectivity index (χ3v) is 3.77. The molecule has 3 heteroatoms. The molecule has 1 heterocycles. The van der Waals surface area contributed by atoms with Crippen LogP contribution in [0, 0.1) is 0 Å². The lowest BCUT2D eigenvalue weighted by Gasteiger charge is -2.36. The summed E-state index contributed by atoms with van der Waals surface area (Å²) in [5, 5.41) is 0. The van der Waals surface area contributed by atoms with E-state index >= 15 is 0 Å². The van der Waals surface area contributed by atoms with Crippen LogP contribution in [-0.4, -0.2) is 12.0 Å². The van der Waals surface area contributed by atoms with Gasteiger partial charge < -0.3 is 10.6 Å². The van der Waals surface area contributed by atoms with E-state index in [0.717, 1.165) is 18.5 Å². The first kappa shape index (κ1) is 12.7. The van der Waals surface area contributed by atoms with Crippen LogP contribution in [0.15, 0.2) is 59.6 Å². The molecule has 1 aliphatic rings. The van der Waals surface area contributed by atoms with E-state index in [9.17, 15) is 0 Å². The highest BCUT2D eigenvalue weighted by molar-refractivity contribution is 5.98. The quantitative estimate of drug-likeness (QED) is 0.633. The van der Waals surface area contributed by atoms with Crippen molar-refractivity contribution in [3.8, 4) is 0 Å². The van der Waals surface area contributed by atoms with Gasteiger partial charge in [-0.05, 0) is 43.5 Å². The van der Waals surface area contributed by atoms with Crippen LogP contribution < -0.4 is 10.6 Å². The van der Waals surface area contributed by atoms with Gasteiger partial charge in [0.25, 0.3) is 0 Å². The Labute approximate surface area is 119 Å². The molecule has 20 heavy (non-hydrogen) atoms. The van der Waals surface area contributed by atoms with Crippen LogP contribution >= 0.6 is 0 Å². The van der Waals surface area contributed by atoms with Crippen LogP contribution in [-0.2, 0) is 6.42 Å². The number of guanidine groups is 1. The Hall–Kier alpha value is -2.29. The van der Waals surface area contributed by atoms with Crippen LogP contribution in [0.2, 0.25) is 0 Å². The highest BCUT2D eigenvalue weighted by Gasteiger charge is 2.25. The summed E-state index contributed by atoms with van der Waals surface area (Å²) >= 11 is 0. The van der Waals surface area contributed by atoms with Gasteiger partial charge in [-0.15, -0.1) is 0 Å². The second-order valence-electron chi connectivity index (χ2n) is 5.19. The number of aryl methyl sites for hydroxylation is 1. The van der Waals surface area contributed by atoms with Crippen molar-refractivity contribution in [1.82, 2.24) is 0 Å². The molecule has 0 amide bonds. The zero-order valence-electron chi connectivity index (χ0n) is 11.7. The van der Waals surface area contributed by atoms with E-state index in [4.69, 9.17) is 5.73 Å². The molecule has 2 N–H and O–H groups in total. The average Bonchev–Trinajstić information content (AvgIpc) is 2.48. The van der Waals surface area contributed by atoms with Gasteiger partial charge in [-0.1, -0.05) is 36.4 Å². The van der Waals surface area contributed by atoms with Crippen molar-refractivity contribution in [1.29, 1.82) is 0 Å². The Morgan fingerprint density at radius 1 is 1.10 bits per heavy atom. The Bertz CT molecular complexity index is 619. The number of nitrogens with zero attached hydrogens (tertiary/aromatic N) is 2. The van der Waals surface area contributed by atoms with Gasteiger partial charge in [0, 0.05) is 11.7 Å². The summed E-state index contributed by atoms with van der Waals surface area (Å²) in [7, 11) is 0. The molecule has 0 spiro atoms. The van der Waals surface area contributed by atoms with E-state index in [2.05, 4.69) is 41.1 Å². The molecule has 0 saturated heterocycles. The molecule has 3 nitrogen and oxygen atoms in total. The lowest BCUT2D eigenvalue weighted by molar-refractivity contribution is 0.626. The second kappa shape index (κ2) is 5.37. The van der Waals surface area contributed by atoms with Crippen LogP contribution in [0.5, 0.6) is 0 Å². The molecule has 1 aliphatic heterocycles. The number of para-hydroxylation sites is 2. The average molecular weight is 265 g/mol. The van der Waals surface area contributed by atoms with E-state index in [1.54, 1.807) is 0 Å². The number of fused-ring (bicyclic) bond motifs is 1. The van der Waals surface area contributed by atoms with Crippen molar-refractivity contribution in [3.63, 3.8) is 0 Å². The summed E-state index contributed by atoms with van der Waals surface area (Å²) in [6.45, 7) is 2.20. The Kier molecular flexibility index (Phi) is 3.42.